The first-order chi connectivity index (χ1) is 14.1. The maximum absolute atomic E-state index is 12.7. The van der Waals surface area contributed by atoms with Crippen LogP contribution in [0.4, 0.5) is 5.69 Å². The molecule has 1 aliphatic rings. The number of benzene rings is 2. The van der Waals surface area contributed by atoms with Crippen LogP contribution in [0, 0.1) is 0 Å². The van der Waals surface area contributed by atoms with Gasteiger partial charge in [-0.25, -0.2) is 0 Å². The molecule has 0 unspecified atom stereocenters. The fourth-order valence-corrected chi connectivity index (χ4v) is 3.71. The molecule has 1 atom stereocenters. The van der Waals surface area contributed by atoms with Crippen LogP contribution in [0.3, 0.4) is 0 Å². The summed E-state index contributed by atoms with van der Waals surface area (Å²) in [6, 6.07) is 17.9. The van der Waals surface area contributed by atoms with Gasteiger partial charge in [-0.2, -0.15) is 0 Å². The summed E-state index contributed by atoms with van der Waals surface area (Å²) in [4.78, 5) is 19.0. The van der Waals surface area contributed by atoms with Crippen LogP contribution >= 0.6 is 0 Å². The Labute approximate surface area is 173 Å². The molecule has 1 saturated heterocycles. The average molecular weight is 397 g/mol. The highest BCUT2D eigenvalue weighted by Gasteiger charge is 2.25. The average Bonchev–Trinajstić information content (AvgIpc) is 2.75. The Morgan fingerprint density at radius 1 is 1.03 bits per heavy atom. The zero-order valence-corrected chi connectivity index (χ0v) is 17.2. The van der Waals surface area contributed by atoms with Crippen molar-refractivity contribution in [2.24, 2.45) is 5.73 Å². The summed E-state index contributed by atoms with van der Waals surface area (Å²) in [5, 5.41) is 9.05. The van der Waals surface area contributed by atoms with E-state index in [1.54, 1.807) is 0 Å². The molecule has 2 aromatic rings. The van der Waals surface area contributed by atoms with E-state index >= 15 is 0 Å². The Morgan fingerprint density at radius 3 is 2.31 bits per heavy atom. The number of piperazine rings is 1. The SMILES string of the molecule is CN(CCO)c1ccc(CN2CCN(C(=O)[C@@H](N)Cc3ccccc3)CC2)cc1. The Kier molecular flexibility index (Phi) is 7.63. The largest absolute Gasteiger partial charge is 0.395 e. The molecule has 0 aliphatic carbocycles. The molecule has 0 saturated carbocycles. The zero-order chi connectivity index (χ0) is 20.6. The number of hydrogen-bond donors (Lipinski definition) is 2. The zero-order valence-electron chi connectivity index (χ0n) is 17.2. The lowest BCUT2D eigenvalue weighted by atomic mass is 10.1. The van der Waals surface area contributed by atoms with Crippen molar-refractivity contribution in [2.45, 2.75) is 19.0 Å². The van der Waals surface area contributed by atoms with Crippen LogP contribution in [0.5, 0.6) is 0 Å². The van der Waals surface area contributed by atoms with Crippen molar-refractivity contribution < 1.29 is 9.90 Å². The number of aliphatic hydroxyl groups excluding tert-OH is 1. The van der Waals surface area contributed by atoms with Crippen LogP contribution in [0.25, 0.3) is 0 Å². The van der Waals surface area contributed by atoms with Gasteiger partial charge in [0.05, 0.1) is 12.6 Å². The first-order valence-electron chi connectivity index (χ1n) is 10.3. The topological polar surface area (TPSA) is 73.0 Å². The van der Waals surface area contributed by atoms with E-state index in [4.69, 9.17) is 10.8 Å². The number of carbonyl (C=O) groups excluding carboxylic acids is 1. The molecule has 6 nitrogen and oxygen atoms in total. The minimum atomic E-state index is -0.479. The van der Waals surface area contributed by atoms with Crippen molar-refractivity contribution in [3.05, 3.63) is 65.7 Å². The maximum Gasteiger partial charge on any atom is 0.239 e. The molecule has 2 aromatic carbocycles. The highest BCUT2D eigenvalue weighted by Crippen LogP contribution is 2.16. The highest BCUT2D eigenvalue weighted by molar-refractivity contribution is 5.82. The molecule has 1 amide bonds. The van der Waals surface area contributed by atoms with Crippen molar-refractivity contribution in [1.29, 1.82) is 0 Å². The molecule has 0 radical (unpaired) electrons. The third-order valence-electron chi connectivity index (χ3n) is 5.52. The molecule has 3 N–H and O–H groups in total. The first-order valence-corrected chi connectivity index (χ1v) is 10.3. The van der Waals surface area contributed by atoms with Gasteiger partial charge in [-0.1, -0.05) is 42.5 Å². The van der Waals surface area contributed by atoms with Crippen molar-refractivity contribution in [2.75, 3.05) is 51.3 Å². The van der Waals surface area contributed by atoms with Crippen LogP contribution in [0.15, 0.2) is 54.6 Å². The van der Waals surface area contributed by atoms with Gasteiger partial charge in [0.25, 0.3) is 0 Å². The minimum Gasteiger partial charge on any atom is -0.395 e. The molecule has 0 aromatic heterocycles. The molecular weight excluding hydrogens is 364 g/mol. The molecule has 29 heavy (non-hydrogen) atoms. The quantitative estimate of drug-likeness (QED) is 0.704. The van der Waals surface area contributed by atoms with Gasteiger partial charge in [0.2, 0.25) is 5.91 Å². The Hall–Kier alpha value is -2.41. The summed E-state index contributed by atoms with van der Waals surface area (Å²) in [5.41, 5.74) is 9.63. The molecular formula is C23H32N4O2. The summed E-state index contributed by atoms with van der Waals surface area (Å²) < 4.78 is 0. The lowest BCUT2D eigenvalue weighted by molar-refractivity contribution is -0.134. The standard InChI is InChI=1S/C23H32N4O2/c1-25(15-16-28)21-9-7-20(8-10-21)18-26-11-13-27(14-12-26)23(29)22(24)17-19-5-3-2-4-6-19/h2-10,22,28H,11-18,24H2,1H3/t22-/m0/s1. The van der Waals surface area contributed by atoms with E-state index in [1.807, 2.05) is 47.2 Å². The van der Waals surface area contributed by atoms with E-state index in [9.17, 15) is 4.79 Å². The number of amides is 1. The third kappa shape index (κ3) is 6.03. The fourth-order valence-electron chi connectivity index (χ4n) is 3.71. The summed E-state index contributed by atoms with van der Waals surface area (Å²) in [7, 11) is 1.98. The first kappa shape index (κ1) is 21.3. The number of rotatable bonds is 8. The Balaban J connectivity index is 1.45. The molecule has 1 aliphatic heterocycles. The van der Waals surface area contributed by atoms with Crippen LogP contribution in [0.1, 0.15) is 11.1 Å². The van der Waals surface area contributed by atoms with Crippen LogP contribution < -0.4 is 10.6 Å². The molecule has 156 valence electrons. The number of carbonyl (C=O) groups is 1. The van der Waals surface area contributed by atoms with Crippen LogP contribution in [0.2, 0.25) is 0 Å². The predicted molar refractivity (Wildman–Crippen MR) is 117 cm³/mol. The van der Waals surface area contributed by atoms with Gasteiger partial charge in [0, 0.05) is 52.0 Å². The number of likely N-dealkylation sites (N-methyl/N-ethyl adjacent to an activating group) is 1. The minimum absolute atomic E-state index is 0.0461. The van der Waals surface area contributed by atoms with Crippen LogP contribution in [-0.4, -0.2) is 73.2 Å². The highest BCUT2D eigenvalue weighted by atomic mass is 16.3. The lowest BCUT2D eigenvalue weighted by Gasteiger charge is -2.36. The second-order valence-corrected chi connectivity index (χ2v) is 7.71. The fraction of sp³-hybridized carbons (Fsp3) is 0.435. The van der Waals surface area contributed by atoms with E-state index in [0.29, 0.717) is 13.0 Å². The summed E-state index contributed by atoms with van der Waals surface area (Å²) in [5.74, 6) is 0.0461. The monoisotopic (exact) mass is 396 g/mol. The molecule has 0 bridgehead atoms. The lowest BCUT2D eigenvalue weighted by Crippen LogP contribution is -2.53. The molecule has 0 spiro atoms. The number of anilines is 1. The second kappa shape index (κ2) is 10.4. The van der Waals surface area contributed by atoms with Crippen molar-refractivity contribution in [3.63, 3.8) is 0 Å². The summed E-state index contributed by atoms with van der Waals surface area (Å²) in [6.07, 6.45) is 0.580. The van der Waals surface area contributed by atoms with Crippen molar-refractivity contribution >= 4 is 11.6 Å². The number of hydrogen-bond acceptors (Lipinski definition) is 5. The van der Waals surface area contributed by atoms with Gasteiger partial charge in [-0.15, -0.1) is 0 Å². The van der Waals surface area contributed by atoms with E-state index < -0.39 is 6.04 Å². The predicted octanol–water partition coefficient (Wildman–Crippen LogP) is 1.33. The summed E-state index contributed by atoms with van der Waals surface area (Å²) >= 11 is 0. The van der Waals surface area contributed by atoms with Gasteiger partial charge in [0.15, 0.2) is 0 Å². The van der Waals surface area contributed by atoms with Crippen molar-refractivity contribution in [3.8, 4) is 0 Å². The van der Waals surface area contributed by atoms with Gasteiger partial charge < -0.3 is 20.6 Å². The van der Waals surface area contributed by atoms with E-state index in [0.717, 1.165) is 44.0 Å². The summed E-state index contributed by atoms with van der Waals surface area (Å²) in [6.45, 7) is 4.81. The Bertz CT molecular complexity index is 758. The molecule has 6 heteroatoms. The Morgan fingerprint density at radius 2 is 1.69 bits per heavy atom. The van der Waals surface area contributed by atoms with Gasteiger partial charge >= 0.3 is 0 Å². The molecule has 1 heterocycles. The van der Waals surface area contributed by atoms with Crippen LogP contribution in [-0.2, 0) is 17.8 Å². The normalized spacial score (nSPS) is 15.9. The molecule has 1 fully saturated rings. The number of aliphatic hydroxyl groups is 1. The van der Waals surface area contributed by atoms with Gasteiger partial charge in [-0.3, -0.25) is 9.69 Å². The van der Waals surface area contributed by atoms with E-state index in [-0.39, 0.29) is 12.5 Å². The smallest absolute Gasteiger partial charge is 0.239 e. The van der Waals surface area contributed by atoms with Gasteiger partial charge in [0.1, 0.15) is 0 Å². The van der Waals surface area contributed by atoms with E-state index in [2.05, 4.69) is 29.2 Å². The number of nitrogens with two attached hydrogens (primary N) is 1. The van der Waals surface area contributed by atoms with E-state index in [1.165, 1.54) is 5.56 Å². The molecule has 3 rings (SSSR count). The van der Waals surface area contributed by atoms with Gasteiger partial charge in [-0.05, 0) is 29.7 Å². The maximum atomic E-state index is 12.7. The number of nitrogens with zero attached hydrogens (tertiary/aromatic N) is 3. The third-order valence-corrected chi connectivity index (χ3v) is 5.52. The van der Waals surface area contributed by atoms with Crippen molar-refractivity contribution in [1.82, 2.24) is 9.80 Å². The second-order valence-electron chi connectivity index (χ2n) is 7.71.